The summed E-state index contributed by atoms with van der Waals surface area (Å²) >= 11 is 0. The number of rotatable bonds is 7. The van der Waals surface area contributed by atoms with Gasteiger partial charge in [-0.1, -0.05) is 30.3 Å². The summed E-state index contributed by atoms with van der Waals surface area (Å²) in [5.41, 5.74) is 1.11. The highest BCUT2D eigenvalue weighted by Gasteiger charge is 2.36. The summed E-state index contributed by atoms with van der Waals surface area (Å²) < 4.78 is 35.8. The smallest absolute Gasteiger partial charge is 0.273 e. The number of nitrogens with zero attached hydrogens (tertiary/aromatic N) is 2. The second-order valence-corrected chi connectivity index (χ2v) is 8.61. The molecule has 1 aliphatic rings. The molecule has 0 amide bonds. The molecule has 1 aromatic heterocycles. The number of aromatic nitrogens is 1. The van der Waals surface area contributed by atoms with Crippen LogP contribution in [0, 0.1) is 17.0 Å². The summed E-state index contributed by atoms with van der Waals surface area (Å²) in [7, 11) is 1.75. The van der Waals surface area contributed by atoms with Crippen molar-refractivity contribution in [3.8, 4) is 5.75 Å². The molecule has 1 aliphatic heterocycles. The minimum atomic E-state index is -0.387. The average molecular weight is 439 g/mol. The molecular formula is C26H28F2N2O2. The fourth-order valence-corrected chi connectivity index (χ4v) is 4.41. The molecule has 0 unspecified atom stereocenters. The zero-order valence-electron chi connectivity index (χ0n) is 18.3. The SMILES string of the molecule is Cn1cccc(N2CCC(CCc3ccccc3F)(COc3ccccc3F)CC2)c1=O. The van der Waals surface area contributed by atoms with Crippen LogP contribution < -0.4 is 15.2 Å². The van der Waals surface area contributed by atoms with Crippen LogP contribution in [0.4, 0.5) is 14.5 Å². The zero-order valence-corrected chi connectivity index (χ0v) is 18.3. The minimum Gasteiger partial charge on any atom is -0.490 e. The number of para-hydroxylation sites is 1. The van der Waals surface area contributed by atoms with Gasteiger partial charge in [0.05, 0.1) is 6.61 Å². The van der Waals surface area contributed by atoms with Gasteiger partial charge in [0.1, 0.15) is 11.5 Å². The van der Waals surface area contributed by atoms with E-state index >= 15 is 0 Å². The Morgan fingerprint density at radius 1 is 0.938 bits per heavy atom. The Balaban J connectivity index is 1.51. The van der Waals surface area contributed by atoms with Crippen LogP contribution in [0.3, 0.4) is 0 Å². The molecular weight excluding hydrogens is 410 g/mol. The number of hydrogen-bond acceptors (Lipinski definition) is 3. The lowest BCUT2D eigenvalue weighted by atomic mass is 9.74. The molecule has 168 valence electrons. The quantitative estimate of drug-likeness (QED) is 0.523. The molecule has 3 aromatic rings. The first kappa shape index (κ1) is 22.1. The molecule has 1 fully saturated rings. The highest BCUT2D eigenvalue weighted by molar-refractivity contribution is 5.44. The predicted molar refractivity (Wildman–Crippen MR) is 122 cm³/mol. The van der Waals surface area contributed by atoms with Gasteiger partial charge in [-0.2, -0.15) is 0 Å². The number of pyridine rings is 1. The molecule has 0 radical (unpaired) electrons. The van der Waals surface area contributed by atoms with Gasteiger partial charge < -0.3 is 14.2 Å². The molecule has 0 atom stereocenters. The van der Waals surface area contributed by atoms with E-state index in [0.29, 0.717) is 37.4 Å². The van der Waals surface area contributed by atoms with Crippen LogP contribution in [-0.4, -0.2) is 24.3 Å². The van der Waals surface area contributed by atoms with Gasteiger partial charge in [0.25, 0.3) is 5.56 Å². The molecule has 2 aromatic carbocycles. The van der Waals surface area contributed by atoms with Crippen molar-refractivity contribution in [2.45, 2.75) is 25.7 Å². The first-order chi connectivity index (χ1) is 15.5. The van der Waals surface area contributed by atoms with Gasteiger partial charge in [-0.15, -0.1) is 0 Å². The summed E-state index contributed by atoms with van der Waals surface area (Å²) in [5.74, 6) is -0.359. The second kappa shape index (κ2) is 9.55. The Hall–Kier alpha value is -3.15. The average Bonchev–Trinajstić information content (AvgIpc) is 2.81. The van der Waals surface area contributed by atoms with Crippen LogP contribution in [-0.2, 0) is 13.5 Å². The molecule has 1 saturated heterocycles. The third-order valence-electron chi connectivity index (χ3n) is 6.52. The molecule has 4 nitrogen and oxygen atoms in total. The summed E-state index contributed by atoms with van der Waals surface area (Å²) in [6, 6.07) is 16.9. The van der Waals surface area contributed by atoms with Gasteiger partial charge >= 0.3 is 0 Å². The molecule has 32 heavy (non-hydrogen) atoms. The lowest BCUT2D eigenvalue weighted by Crippen LogP contribution is -2.45. The van der Waals surface area contributed by atoms with Crippen LogP contribution in [0.15, 0.2) is 71.7 Å². The van der Waals surface area contributed by atoms with Crippen molar-refractivity contribution >= 4 is 5.69 Å². The van der Waals surface area contributed by atoms with Crippen molar-refractivity contribution in [2.75, 3.05) is 24.6 Å². The highest BCUT2D eigenvalue weighted by atomic mass is 19.1. The third-order valence-corrected chi connectivity index (χ3v) is 6.52. The van der Waals surface area contributed by atoms with E-state index < -0.39 is 0 Å². The van der Waals surface area contributed by atoms with Gasteiger partial charge in [-0.05, 0) is 61.6 Å². The Labute approximate surface area is 187 Å². The Kier molecular flexibility index (Phi) is 6.58. The van der Waals surface area contributed by atoms with E-state index in [0.717, 1.165) is 19.3 Å². The third kappa shape index (κ3) is 4.85. The number of hydrogen-bond donors (Lipinski definition) is 0. The summed E-state index contributed by atoms with van der Waals surface area (Å²) in [6.45, 7) is 1.73. The minimum absolute atomic E-state index is 0.0195. The highest BCUT2D eigenvalue weighted by Crippen LogP contribution is 2.38. The first-order valence-electron chi connectivity index (χ1n) is 11.0. The first-order valence-corrected chi connectivity index (χ1v) is 11.0. The molecule has 0 bridgehead atoms. The fraction of sp³-hybridized carbons (Fsp3) is 0.346. The Bertz CT molecular complexity index is 1070. The normalized spacial score (nSPS) is 15.5. The van der Waals surface area contributed by atoms with Gasteiger partial charge in [-0.25, -0.2) is 8.78 Å². The van der Waals surface area contributed by atoms with Crippen molar-refractivity contribution in [3.63, 3.8) is 0 Å². The molecule has 0 N–H and O–H groups in total. The van der Waals surface area contributed by atoms with Crippen LogP contribution in [0.25, 0.3) is 0 Å². The van der Waals surface area contributed by atoms with Crippen LogP contribution in [0.5, 0.6) is 5.75 Å². The largest absolute Gasteiger partial charge is 0.490 e. The van der Waals surface area contributed by atoms with Gasteiger partial charge in [-0.3, -0.25) is 4.79 Å². The Morgan fingerprint density at radius 2 is 1.62 bits per heavy atom. The van der Waals surface area contributed by atoms with E-state index in [1.165, 1.54) is 12.1 Å². The van der Waals surface area contributed by atoms with Crippen molar-refractivity contribution in [1.29, 1.82) is 0 Å². The molecule has 0 spiro atoms. The van der Waals surface area contributed by atoms with Crippen molar-refractivity contribution < 1.29 is 13.5 Å². The molecule has 4 rings (SSSR count). The number of aryl methyl sites for hydroxylation is 2. The van der Waals surface area contributed by atoms with Crippen molar-refractivity contribution in [2.24, 2.45) is 12.5 Å². The van der Waals surface area contributed by atoms with E-state index in [2.05, 4.69) is 4.90 Å². The van der Waals surface area contributed by atoms with E-state index in [-0.39, 0.29) is 28.4 Å². The number of halogens is 2. The lowest BCUT2D eigenvalue weighted by molar-refractivity contribution is 0.0992. The van der Waals surface area contributed by atoms with Crippen LogP contribution in [0.2, 0.25) is 0 Å². The maximum absolute atomic E-state index is 14.2. The van der Waals surface area contributed by atoms with Crippen molar-refractivity contribution in [1.82, 2.24) is 4.57 Å². The molecule has 0 saturated carbocycles. The number of benzene rings is 2. The van der Waals surface area contributed by atoms with E-state index in [9.17, 15) is 13.6 Å². The molecule has 6 heteroatoms. The summed E-state index contributed by atoms with van der Waals surface area (Å²) in [5, 5.41) is 0. The monoisotopic (exact) mass is 438 g/mol. The number of anilines is 1. The maximum atomic E-state index is 14.2. The zero-order chi connectivity index (χ0) is 22.6. The van der Waals surface area contributed by atoms with Gasteiger partial charge in [0.15, 0.2) is 11.6 Å². The van der Waals surface area contributed by atoms with Crippen molar-refractivity contribution in [3.05, 3.63) is 94.4 Å². The van der Waals surface area contributed by atoms with Crippen LogP contribution >= 0.6 is 0 Å². The number of ether oxygens (including phenoxy) is 1. The van der Waals surface area contributed by atoms with Gasteiger partial charge in [0, 0.05) is 31.7 Å². The number of piperidine rings is 1. The summed E-state index contributed by atoms with van der Waals surface area (Å²) in [4.78, 5) is 14.6. The topological polar surface area (TPSA) is 34.5 Å². The molecule has 2 heterocycles. The second-order valence-electron chi connectivity index (χ2n) is 8.61. The van der Waals surface area contributed by atoms with E-state index in [4.69, 9.17) is 4.74 Å². The summed E-state index contributed by atoms with van der Waals surface area (Å²) in [6.07, 6.45) is 4.60. The lowest BCUT2D eigenvalue weighted by Gasteiger charge is -2.42. The van der Waals surface area contributed by atoms with Gasteiger partial charge in [0.2, 0.25) is 0 Å². The molecule has 0 aliphatic carbocycles. The van der Waals surface area contributed by atoms with E-state index in [1.54, 1.807) is 42.1 Å². The van der Waals surface area contributed by atoms with E-state index in [1.807, 2.05) is 24.3 Å². The van der Waals surface area contributed by atoms with Crippen LogP contribution in [0.1, 0.15) is 24.8 Å². The standard InChI is InChI=1S/C26H28F2N2O2/c1-29-16-6-10-23(25(29)31)30-17-14-26(15-18-30,13-12-20-7-2-3-8-21(20)27)19-32-24-11-5-4-9-22(24)28/h2-11,16H,12-15,17-19H2,1H3. The maximum Gasteiger partial charge on any atom is 0.273 e. The predicted octanol–water partition coefficient (Wildman–Crippen LogP) is 4.96. The fourth-order valence-electron chi connectivity index (χ4n) is 4.41. The Morgan fingerprint density at radius 3 is 2.34 bits per heavy atom.